The van der Waals surface area contributed by atoms with Crippen LogP contribution in [0.4, 0.5) is 5.82 Å². The number of carboxylic acid groups (broad SMARTS) is 1. The van der Waals surface area contributed by atoms with Crippen LogP contribution in [0.25, 0.3) is 0 Å². The number of hydrogen-bond acceptors (Lipinski definition) is 5. The number of aromatic nitrogens is 2. The molecule has 6 heteroatoms. The van der Waals surface area contributed by atoms with Gasteiger partial charge in [-0.05, 0) is 32.6 Å². The van der Waals surface area contributed by atoms with Crippen molar-refractivity contribution in [2.45, 2.75) is 40.0 Å². The summed E-state index contributed by atoms with van der Waals surface area (Å²) in [5, 5.41) is 11.9. The van der Waals surface area contributed by atoms with E-state index in [9.17, 15) is 4.79 Å². The smallest absolute Gasteiger partial charge is 0.303 e. The van der Waals surface area contributed by atoms with Crippen LogP contribution in [-0.2, 0) is 4.79 Å². The molecule has 2 N–H and O–H groups in total. The maximum absolute atomic E-state index is 10.5. The molecule has 0 amide bonds. The van der Waals surface area contributed by atoms with E-state index in [2.05, 4.69) is 22.2 Å². The molecule has 0 aliphatic carbocycles. The second-order valence-electron chi connectivity index (χ2n) is 4.82. The molecule has 6 nitrogen and oxygen atoms in total. The van der Waals surface area contributed by atoms with Crippen LogP contribution in [-0.4, -0.2) is 34.2 Å². The maximum atomic E-state index is 10.5. The molecule has 1 rings (SSSR count). The van der Waals surface area contributed by atoms with Gasteiger partial charge >= 0.3 is 5.97 Å². The summed E-state index contributed by atoms with van der Waals surface area (Å²) in [6.45, 7) is 7.12. The second kappa shape index (κ2) is 8.35. The Bertz CT molecular complexity index is 438. The minimum absolute atomic E-state index is 0.224. The lowest BCUT2D eigenvalue weighted by Gasteiger charge is -2.12. The number of aliphatic carboxylic acids is 1. The molecule has 0 spiro atoms. The van der Waals surface area contributed by atoms with Crippen molar-refractivity contribution in [3.05, 3.63) is 11.9 Å². The van der Waals surface area contributed by atoms with Crippen molar-refractivity contribution in [1.82, 2.24) is 9.97 Å². The Kier molecular flexibility index (Phi) is 6.76. The van der Waals surface area contributed by atoms with Crippen LogP contribution in [0.2, 0.25) is 0 Å². The summed E-state index contributed by atoms with van der Waals surface area (Å²) in [6.07, 6.45) is 1.83. The van der Waals surface area contributed by atoms with Gasteiger partial charge in [0.2, 0.25) is 5.88 Å². The third-order valence-corrected chi connectivity index (χ3v) is 2.90. The number of ether oxygens (including phenoxy) is 1. The van der Waals surface area contributed by atoms with Gasteiger partial charge in [0.25, 0.3) is 0 Å². The Balaban J connectivity index is 2.39. The molecule has 0 saturated carbocycles. The first-order valence-corrected chi connectivity index (χ1v) is 6.95. The maximum Gasteiger partial charge on any atom is 0.303 e. The van der Waals surface area contributed by atoms with Crippen LogP contribution in [0.3, 0.4) is 0 Å². The molecule has 0 aliphatic heterocycles. The van der Waals surface area contributed by atoms with Crippen molar-refractivity contribution in [2.24, 2.45) is 5.92 Å². The summed E-state index contributed by atoms with van der Waals surface area (Å²) in [4.78, 5) is 19.0. The summed E-state index contributed by atoms with van der Waals surface area (Å²) in [6, 6.07) is 1.78. The molecule has 20 heavy (non-hydrogen) atoms. The number of nitrogens with zero attached hydrogens (tertiary/aromatic N) is 2. The van der Waals surface area contributed by atoms with E-state index in [4.69, 9.17) is 9.84 Å². The van der Waals surface area contributed by atoms with Gasteiger partial charge in [0.05, 0.1) is 6.61 Å². The van der Waals surface area contributed by atoms with Crippen molar-refractivity contribution in [3.8, 4) is 5.88 Å². The third-order valence-electron chi connectivity index (χ3n) is 2.90. The molecule has 1 unspecified atom stereocenters. The molecule has 1 aromatic heterocycles. The number of aryl methyl sites for hydroxylation is 1. The van der Waals surface area contributed by atoms with Gasteiger partial charge in [0.1, 0.15) is 11.6 Å². The van der Waals surface area contributed by atoms with Crippen LogP contribution in [0.15, 0.2) is 6.07 Å². The molecule has 1 aromatic rings. The van der Waals surface area contributed by atoms with Crippen molar-refractivity contribution in [1.29, 1.82) is 0 Å². The first-order chi connectivity index (χ1) is 9.51. The number of carbonyl (C=O) groups is 1. The van der Waals surface area contributed by atoms with Crippen molar-refractivity contribution in [3.63, 3.8) is 0 Å². The fourth-order valence-corrected chi connectivity index (χ4v) is 1.81. The van der Waals surface area contributed by atoms with E-state index in [0.717, 1.165) is 18.8 Å². The number of rotatable bonds is 9. The summed E-state index contributed by atoms with van der Waals surface area (Å²) >= 11 is 0. The number of nitrogens with one attached hydrogen (secondary N) is 1. The lowest BCUT2D eigenvalue weighted by molar-refractivity contribution is -0.137. The predicted molar refractivity (Wildman–Crippen MR) is 77.1 cm³/mol. The van der Waals surface area contributed by atoms with Gasteiger partial charge in [-0.3, -0.25) is 4.79 Å². The predicted octanol–water partition coefficient (Wildman–Crippen LogP) is 2.49. The minimum atomic E-state index is -0.738. The fraction of sp³-hybridized carbons (Fsp3) is 0.643. The Morgan fingerprint density at radius 2 is 2.20 bits per heavy atom. The molecule has 0 saturated heterocycles. The van der Waals surface area contributed by atoms with Gasteiger partial charge < -0.3 is 15.2 Å². The molecule has 0 radical (unpaired) electrons. The molecule has 0 aliphatic rings. The Morgan fingerprint density at radius 3 is 2.85 bits per heavy atom. The molecule has 0 bridgehead atoms. The van der Waals surface area contributed by atoms with E-state index < -0.39 is 5.97 Å². The average molecular weight is 281 g/mol. The van der Waals surface area contributed by atoms with Crippen molar-refractivity contribution < 1.29 is 14.6 Å². The molecule has 1 heterocycles. The van der Waals surface area contributed by atoms with Crippen LogP contribution >= 0.6 is 0 Å². The average Bonchev–Trinajstić information content (AvgIpc) is 2.36. The molecule has 112 valence electrons. The quantitative estimate of drug-likeness (QED) is 0.723. The normalized spacial score (nSPS) is 11.9. The van der Waals surface area contributed by atoms with E-state index >= 15 is 0 Å². The van der Waals surface area contributed by atoms with E-state index in [1.807, 2.05) is 13.8 Å². The van der Waals surface area contributed by atoms with Crippen LogP contribution in [0.1, 0.15) is 38.9 Å². The number of anilines is 1. The summed E-state index contributed by atoms with van der Waals surface area (Å²) in [5.41, 5.74) is 0. The summed E-state index contributed by atoms with van der Waals surface area (Å²) in [5.74, 6) is 1.61. The van der Waals surface area contributed by atoms with E-state index in [0.29, 0.717) is 30.7 Å². The van der Waals surface area contributed by atoms with Crippen LogP contribution in [0.5, 0.6) is 5.88 Å². The van der Waals surface area contributed by atoms with Gasteiger partial charge in [-0.1, -0.05) is 6.92 Å². The van der Waals surface area contributed by atoms with Gasteiger partial charge in [0, 0.05) is 19.0 Å². The number of carboxylic acids is 1. The van der Waals surface area contributed by atoms with Gasteiger partial charge in [0.15, 0.2) is 0 Å². The van der Waals surface area contributed by atoms with Crippen molar-refractivity contribution in [2.75, 3.05) is 18.5 Å². The lowest BCUT2D eigenvalue weighted by Crippen LogP contribution is -2.10. The summed E-state index contributed by atoms with van der Waals surface area (Å²) in [7, 11) is 0. The fourth-order valence-electron chi connectivity index (χ4n) is 1.81. The highest BCUT2D eigenvalue weighted by atomic mass is 16.5. The van der Waals surface area contributed by atoms with Gasteiger partial charge in [-0.15, -0.1) is 0 Å². The lowest BCUT2D eigenvalue weighted by atomic mass is 10.0. The van der Waals surface area contributed by atoms with Gasteiger partial charge in [-0.25, -0.2) is 4.98 Å². The molecule has 0 fully saturated rings. The van der Waals surface area contributed by atoms with Crippen LogP contribution < -0.4 is 10.1 Å². The zero-order valence-corrected chi connectivity index (χ0v) is 12.3. The Labute approximate surface area is 119 Å². The molecular formula is C14H23N3O3. The largest absolute Gasteiger partial charge is 0.481 e. The second-order valence-corrected chi connectivity index (χ2v) is 4.82. The Morgan fingerprint density at radius 1 is 1.45 bits per heavy atom. The van der Waals surface area contributed by atoms with E-state index in [-0.39, 0.29) is 6.42 Å². The molecule has 0 aromatic carbocycles. The highest BCUT2D eigenvalue weighted by Crippen LogP contribution is 2.15. The zero-order chi connectivity index (χ0) is 15.0. The third kappa shape index (κ3) is 6.36. The first-order valence-electron chi connectivity index (χ1n) is 6.95. The SMILES string of the molecule is CCOc1cc(NCCC(C)CCC(=O)O)nc(C)n1. The van der Waals surface area contributed by atoms with Crippen molar-refractivity contribution >= 4 is 11.8 Å². The minimum Gasteiger partial charge on any atom is -0.481 e. The van der Waals surface area contributed by atoms with E-state index in [1.165, 1.54) is 0 Å². The Hall–Kier alpha value is -1.85. The van der Waals surface area contributed by atoms with Gasteiger partial charge in [-0.2, -0.15) is 4.98 Å². The summed E-state index contributed by atoms with van der Waals surface area (Å²) < 4.78 is 5.36. The highest BCUT2D eigenvalue weighted by molar-refractivity contribution is 5.66. The molecule has 1 atom stereocenters. The monoisotopic (exact) mass is 281 g/mol. The van der Waals surface area contributed by atoms with Crippen LogP contribution in [0, 0.1) is 12.8 Å². The van der Waals surface area contributed by atoms with E-state index in [1.54, 1.807) is 6.07 Å². The topological polar surface area (TPSA) is 84.3 Å². The molecular weight excluding hydrogens is 258 g/mol. The number of hydrogen-bond donors (Lipinski definition) is 2. The zero-order valence-electron chi connectivity index (χ0n) is 12.3. The highest BCUT2D eigenvalue weighted by Gasteiger charge is 2.06. The standard InChI is InChI=1S/C14H23N3O3/c1-4-20-13-9-12(16-11(3)17-13)15-8-7-10(2)5-6-14(18)19/h9-10H,4-8H2,1-3H3,(H,18,19)(H,15,16,17). The first kappa shape index (κ1) is 16.2.